The molecule has 3 aromatic rings. The number of hydrogen-bond acceptors (Lipinski definition) is 4. The molecule has 3 heterocycles. The van der Waals surface area contributed by atoms with Gasteiger partial charge < -0.3 is 19.4 Å². The zero-order valence-electron chi connectivity index (χ0n) is 14.5. The lowest BCUT2D eigenvalue weighted by molar-refractivity contribution is -0.120. The minimum atomic E-state index is -0.790. The number of ether oxygens (including phenoxy) is 1. The van der Waals surface area contributed by atoms with E-state index >= 15 is 0 Å². The molecule has 7 heteroatoms. The molecule has 0 spiro atoms. The first-order valence-electron chi connectivity index (χ1n) is 8.28. The van der Waals surface area contributed by atoms with Crippen LogP contribution in [0.2, 0.25) is 0 Å². The second-order valence-electron chi connectivity index (χ2n) is 6.29. The van der Waals surface area contributed by atoms with E-state index in [-0.39, 0.29) is 18.2 Å². The Kier molecular flexibility index (Phi) is 3.84. The monoisotopic (exact) mass is 350 g/mol. The van der Waals surface area contributed by atoms with Gasteiger partial charge >= 0.3 is 0 Å². The lowest BCUT2D eigenvalue weighted by Gasteiger charge is -2.20. The Hall–Kier alpha value is -3.35. The highest BCUT2D eigenvalue weighted by Crippen LogP contribution is 2.29. The van der Waals surface area contributed by atoms with Crippen molar-refractivity contribution in [2.75, 3.05) is 18.6 Å². The molecule has 2 aromatic heterocycles. The molecule has 0 unspecified atom stereocenters. The third kappa shape index (κ3) is 2.67. The first kappa shape index (κ1) is 16.1. The normalized spacial score (nSPS) is 16.8. The van der Waals surface area contributed by atoms with Gasteiger partial charge in [-0.15, -0.1) is 0 Å². The molecule has 1 atom stereocenters. The van der Waals surface area contributed by atoms with Crippen molar-refractivity contribution >= 4 is 23.0 Å². The highest BCUT2D eigenvalue weighted by Gasteiger charge is 2.31. The van der Waals surface area contributed by atoms with E-state index < -0.39 is 11.9 Å². The van der Waals surface area contributed by atoms with Crippen molar-refractivity contribution in [2.24, 2.45) is 0 Å². The molecule has 132 valence electrons. The second-order valence-corrected chi connectivity index (χ2v) is 6.29. The van der Waals surface area contributed by atoms with Crippen molar-refractivity contribution in [1.29, 1.82) is 0 Å². The van der Waals surface area contributed by atoms with Crippen molar-refractivity contribution in [1.82, 2.24) is 14.7 Å². The number of fused-ring (bicyclic) bond motifs is 2. The summed E-state index contributed by atoms with van der Waals surface area (Å²) in [4.78, 5) is 31.2. The molecular weight excluding hydrogens is 332 g/mol. The highest BCUT2D eigenvalue weighted by atomic mass is 16.5. The van der Waals surface area contributed by atoms with Crippen LogP contribution in [0.4, 0.5) is 5.69 Å². The van der Waals surface area contributed by atoms with Crippen LogP contribution in [0.3, 0.4) is 0 Å². The van der Waals surface area contributed by atoms with E-state index in [0.29, 0.717) is 17.0 Å². The molecule has 2 amide bonds. The third-order valence-electron chi connectivity index (χ3n) is 4.48. The van der Waals surface area contributed by atoms with Crippen LogP contribution >= 0.6 is 0 Å². The van der Waals surface area contributed by atoms with Crippen LogP contribution in [-0.4, -0.2) is 40.9 Å². The molecule has 1 aliphatic heterocycles. The predicted octanol–water partition coefficient (Wildman–Crippen LogP) is 1.80. The Morgan fingerprint density at radius 1 is 1.31 bits per heavy atom. The number of para-hydroxylation sites is 2. The maximum atomic E-state index is 12.7. The fourth-order valence-electron chi connectivity index (χ4n) is 3.05. The Morgan fingerprint density at radius 3 is 2.96 bits per heavy atom. The van der Waals surface area contributed by atoms with Crippen LogP contribution in [0.1, 0.15) is 16.1 Å². The molecule has 0 saturated heterocycles. The minimum Gasteiger partial charge on any atom is -0.489 e. The number of nitrogens with one attached hydrogen (secondary N) is 1. The van der Waals surface area contributed by atoms with Crippen LogP contribution in [-0.2, 0) is 4.79 Å². The third-order valence-corrected chi connectivity index (χ3v) is 4.48. The van der Waals surface area contributed by atoms with Gasteiger partial charge in [0.1, 0.15) is 24.7 Å². The van der Waals surface area contributed by atoms with Crippen molar-refractivity contribution in [3.63, 3.8) is 0 Å². The summed E-state index contributed by atoms with van der Waals surface area (Å²) in [6.07, 6.45) is 3.43. The Balaban J connectivity index is 1.60. The molecule has 4 rings (SSSR count). The number of likely N-dealkylation sites (N-methyl/N-ethyl adjacent to an activating group) is 1. The number of anilines is 1. The standard InChI is InChI=1S/C19H18N4O3/c1-12-7-8-23-11-20-17(15(23)9-12)18(24)21-13-10-26-16-6-4-3-5-14(16)22(2)19(13)25/h3-9,11,13H,10H2,1-2H3,(H,21,24)/t13-/m0/s1. The van der Waals surface area contributed by atoms with Crippen LogP contribution in [0.25, 0.3) is 5.52 Å². The number of imidazole rings is 1. The van der Waals surface area contributed by atoms with Gasteiger partial charge in [0.2, 0.25) is 0 Å². The second kappa shape index (κ2) is 6.18. The molecule has 0 saturated carbocycles. The summed E-state index contributed by atoms with van der Waals surface area (Å²) in [6.45, 7) is 2.01. The summed E-state index contributed by atoms with van der Waals surface area (Å²) in [7, 11) is 1.67. The number of benzene rings is 1. The van der Waals surface area contributed by atoms with Gasteiger partial charge in [-0.2, -0.15) is 0 Å². The van der Waals surface area contributed by atoms with E-state index in [4.69, 9.17) is 4.74 Å². The summed E-state index contributed by atoms with van der Waals surface area (Å²) in [5, 5.41) is 2.76. The molecule has 7 nitrogen and oxygen atoms in total. The van der Waals surface area contributed by atoms with Gasteiger partial charge in [0.15, 0.2) is 5.69 Å². The van der Waals surface area contributed by atoms with E-state index in [1.807, 2.05) is 43.5 Å². The maximum Gasteiger partial charge on any atom is 0.272 e. The molecule has 0 radical (unpaired) electrons. The molecule has 0 bridgehead atoms. The van der Waals surface area contributed by atoms with Gasteiger partial charge in [-0.1, -0.05) is 12.1 Å². The number of nitrogens with zero attached hydrogens (tertiary/aromatic N) is 3. The maximum absolute atomic E-state index is 12.7. The quantitative estimate of drug-likeness (QED) is 0.765. The van der Waals surface area contributed by atoms with E-state index in [2.05, 4.69) is 10.3 Å². The zero-order chi connectivity index (χ0) is 18.3. The summed E-state index contributed by atoms with van der Waals surface area (Å²) < 4.78 is 7.50. The van der Waals surface area contributed by atoms with Gasteiger partial charge in [-0.05, 0) is 36.8 Å². The van der Waals surface area contributed by atoms with Crippen molar-refractivity contribution in [3.05, 3.63) is 60.2 Å². The predicted molar refractivity (Wildman–Crippen MR) is 96.5 cm³/mol. The average Bonchev–Trinajstić information content (AvgIpc) is 3.02. The first-order valence-corrected chi connectivity index (χ1v) is 8.28. The number of amides is 2. The van der Waals surface area contributed by atoms with Crippen molar-refractivity contribution in [3.8, 4) is 5.75 Å². The number of aromatic nitrogens is 2. The number of rotatable bonds is 2. The number of hydrogen-bond donors (Lipinski definition) is 1. The number of carbonyl (C=O) groups is 2. The van der Waals surface area contributed by atoms with Crippen molar-refractivity contribution < 1.29 is 14.3 Å². The summed E-state index contributed by atoms with van der Waals surface area (Å²) >= 11 is 0. The van der Waals surface area contributed by atoms with Crippen LogP contribution in [0.15, 0.2) is 48.9 Å². The Morgan fingerprint density at radius 2 is 2.12 bits per heavy atom. The van der Waals surface area contributed by atoms with Gasteiger partial charge in [0.05, 0.1) is 11.2 Å². The largest absolute Gasteiger partial charge is 0.489 e. The van der Waals surface area contributed by atoms with Gasteiger partial charge in [-0.3, -0.25) is 9.59 Å². The Bertz CT molecular complexity index is 1010. The number of aryl methyl sites for hydroxylation is 1. The summed E-state index contributed by atoms with van der Waals surface area (Å²) in [5.74, 6) is -0.0226. The van der Waals surface area contributed by atoms with Crippen LogP contribution in [0, 0.1) is 6.92 Å². The summed E-state index contributed by atoms with van der Waals surface area (Å²) in [6, 6.07) is 10.3. The van der Waals surface area contributed by atoms with Gasteiger partial charge in [0, 0.05) is 13.2 Å². The van der Waals surface area contributed by atoms with E-state index in [9.17, 15) is 9.59 Å². The van der Waals surface area contributed by atoms with Crippen molar-refractivity contribution in [2.45, 2.75) is 13.0 Å². The minimum absolute atomic E-state index is 0.0662. The molecule has 0 aliphatic carbocycles. The summed E-state index contributed by atoms with van der Waals surface area (Å²) in [5.41, 5.74) is 2.68. The average molecular weight is 350 g/mol. The van der Waals surface area contributed by atoms with E-state index in [0.717, 1.165) is 5.56 Å². The first-order chi connectivity index (χ1) is 12.5. The lowest BCUT2D eigenvalue weighted by atomic mass is 10.2. The topological polar surface area (TPSA) is 75.9 Å². The number of pyridine rings is 1. The molecule has 1 aromatic carbocycles. The molecule has 26 heavy (non-hydrogen) atoms. The Labute approximate surface area is 150 Å². The molecule has 0 fully saturated rings. The number of carbonyl (C=O) groups excluding carboxylic acids is 2. The van der Waals surface area contributed by atoms with Gasteiger partial charge in [0.25, 0.3) is 11.8 Å². The lowest BCUT2D eigenvalue weighted by Crippen LogP contribution is -2.49. The smallest absolute Gasteiger partial charge is 0.272 e. The highest BCUT2D eigenvalue weighted by molar-refractivity contribution is 6.04. The van der Waals surface area contributed by atoms with E-state index in [1.54, 1.807) is 23.8 Å². The van der Waals surface area contributed by atoms with Gasteiger partial charge in [-0.25, -0.2) is 4.98 Å². The van der Waals surface area contributed by atoms with E-state index in [1.165, 1.54) is 4.90 Å². The molecular formula is C19H18N4O3. The van der Waals surface area contributed by atoms with Crippen LogP contribution < -0.4 is 15.0 Å². The zero-order valence-corrected chi connectivity index (χ0v) is 14.5. The molecule has 1 aliphatic rings. The molecule has 1 N–H and O–H groups in total. The fourth-order valence-corrected chi connectivity index (χ4v) is 3.05. The SMILES string of the molecule is Cc1ccn2cnc(C(=O)N[C@H]3COc4ccccc4N(C)C3=O)c2c1. The van der Waals surface area contributed by atoms with Crippen LogP contribution in [0.5, 0.6) is 5.75 Å². The fraction of sp³-hybridized carbons (Fsp3) is 0.211.